The van der Waals surface area contributed by atoms with E-state index in [-0.39, 0.29) is 18.4 Å². The number of carbonyl (C=O) groups is 2. The van der Waals surface area contributed by atoms with Crippen LogP contribution in [0.3, 0.4) is 0 Å². The van der Waals surface area contributed by atoms with Gasteiger partial charge < -0.3 is 10.0 Å². The van der Waals surface area contributed by atoms with Crippen molar-refractivity contribution in [2.75, 3.05) is 13.1 Å². The van der Waals surface area contributed by atoms with Gasteiger partial charge in [0.2, 0.25) is 5.91 Å². The molecule has 2 rings (SSSR count). The second kappa shape index (κ2) is 8.78. The molecule has 130 valence electrons. The molecule has 1 N–H and O–H groups in total. The van der Waals surface area contributed by atoms with Crippen molar-refractivity contribution in [3.05, 3.63) is 29.3 Å². The highest BCUT2D eigenvalue weighted by Gasteiger charge is 2.17. The number of fused-ring (bicyclic) bond motifs is 1. The average Bonchev–Trinajstić information content (AvgIpc) is 2.92. The molecular formula is C18H24N2O3S. The van der Waals surface area contributed by atoms with Crippen molar-refractivity contribution in [3.8, 4) is 0 Å². The molecule has 0 radical (unpaired) electrons. The molecule has 1 aromatic heterocycles. The quantitative estimate of drug-likeness (QED) is 0.703. The zero-order valence-electron chi connectivity index (χ0n) is 14.2. The fourth-order valence-corrected chi connectivity index (χ4v) is 3.61. The third-order valence-corrected chi connectivity index (χ3v) is 4.73. The van der Waals surface area contributed by atoms with Crippen LogP contribution in [0.15, 0.2) is 24.3 Å². The predicted molar refractivity (Wildman–Crippen MR) is 96.2 cm³/mol. The van der Waals surface area contributed by atoms with Crippen molar-refractivity contribution < 1.29 is 14.7 Å². The van der Waals surface area contributed by atoms with Gasteiger partial charge in [-0.15, -0.1) is 11.3 Å². The Morgan fingerprint density at radius 2 is 2.00 bits per heavy atom. The Morgan fingerprint density at radius 1 is 1.25 bits per heavy atom. The van der Waals surface area contributed by atoms with E-state index in [0.29, 0.717) is 13.0 Å². The predicted octanol–water partition coefficient (Wildman–Crippen LogP) is 3.58. The SMILES string of the molecule is CC(C)CN(CC(=O)O)C(=O)CCCCc1nc2ccccc2s1. The van der Waals surface area contributed by atoms with Gasteiger partial charge in [0.15, 0.2) is 0 Å². The van der Waals surface area contributed by atoms with E-state index in [1.54, 1.807) is 11.3 Å². The maximum Gasteiger partial charge on any atom is 0.323 e. The van der Waals surface area contributed by atoms with Gasteiger partial charge in [0.05, 0.1) is 15.2 Å². The van der Waals surface area contributed by atoms with Gasteiger partial charge in [-0.2, -0.15) is 0 Å². The van der Waals surface area contributed by atoms with E-state index in [4.69, 9.17) is 5.11 Å². The Kier molecular flexibility index (Phi) is 6.73. The molecule has 1 aromatic carbocycles. The number of carbonyl (C=O) groups excluding carboxylic acids is 1. The number of nitrogens with zero attached hydrogens (tertiary/aromatic N) is 2. The molecule has 24 heavy (non-hydrogen) atoms. The maximum absolute atomic E-state index is 12.2. The Bertz CT molecular complexity index is 663. The highest BCUT2D eigenvalue weighted by Crippen LogP contribution is 2.23. The minimum absolute atomic E-state index is 0.0737. The number of carboxylic acid groups (broad SMARTS) is 1. The summed E-state index contributed by atoms with van der Waals surface area (Å²) in [6.07, 6.45) is 2.89. The molecule has 5 nitrogen and oxygen atoms in total. The van der Waals surface area contributed by atoms with Crippen LogP contribution in [0.2, 0.25) is 0 Å². The summed E-state index contributed by atoms with van der Waals surface area (Å²) in [5.41, 5.74) is 1.03. The van der Waals surface area contributed by atoms with Crippen LogP contribution in [0, 0.1) is 5.92 Å². The number of amides is 1. The minimum Gasteiger partial charge on any atom is -0.480 e. The number of aliphatic carboxylic acids is 1. The van der Waals surface area contributed by atoms with Gasteiger partial charge in [-0.25, -0.2) is 4.98 Å². The fourth-order valence-electron chi connectivity index (χ4n) is 2.60. The van der Waals surface area contributed by atoms with Crippen molar-refractivity contribution in [3.63, 3.8) is 0 Å². The normalized spacial score (nSPS) is 11.1. The number of aryl methyl sites for hydroxylation is 1. The van der Waals surface area contributed by atoms with Gasteiger partial charge in [0.25, 0.3) is 0 Å². The number of aromatic nitrogens is 1. The molecule has 0 fully saturated rings. The summed E-state index contributed by atoms with van der Waals surface area (Å²) in [6.45, 7) is 4.24. The van der Waals surface area contributed by atoms with Crippen LogP contribution in [-0.4, -0.2) is 40.0 Å². The van der Waals surface area contributed by atoms with Crippen LogP contribution in [-0.2, 0) is 16.0 Å². The van der Waals surface area contributed by atoms with Gasteiger partial charge >= 0.3 is 5.97 Å². The topological polar surface area (TPSA) is 70.5 Å². The highest BCUT2D eigenvalue weighted by atomic mass is 32.1. The lowest BCUT2D eigenvalue weighted by molar-refractivity contribution is -0.144. The molecule has 0 aliphatic heterocycles. The molecule has 2 aromatic rings. The zero-order chi connectivity index (χ0) is 17.5. The van der Waals surface area contributed by atoms with Crippen molar-refractivity contribution in [2.24, 2.45) is 5.92 Å². The number of hydrogen-bond donors (Lipinski definition) is 1. The molecule has 0 spiro atoms. The van der Waals surface area contributed by atoms with Crippen LogP contribution in [0.25, 0.3) is 10.2 Å². The molecule has 0 aliphatic carbocycles. The number of rotatable bonds is 9. The molecule has 0 saturated carbocycles. The standard InChI is InChI=1S/C18H24N2O3S/c1-13(2)11-20(12-18(22)23)17(21)10-6-5-9-16-19-14-7-3-4-8-15(14)24-16/h3-4,7-8,13H,5-6,9-12H2,1-2H3,(H,22,23). The second-order valence-corrected chi connectivity index (χ2v) is 7.46. The summed E-state index contributed by atoms with van der Waals surface area (Å²) in [5.74, 6) is -0.773. The highest BCUT2D eigenvalue weighted by molar-refractivity contribution is 7.18. The molecule has 0 atom stereocenters. The van der Waals surface area contributed by atoms with Crippen molar-refractivity contribution in [1.82, 2.24) is 9.88 Å². The zero-order valence-corrected chi connectivity index (χ0v) is 15.0. The van der Waals surface area contributed by atoms with E-state index in [9.17, 15) is 9.59 Å². The summed E-state index contributed by atoms with van der Waals surface area (Å²) in [6, 6.07) is 8.06. The van der Waals surface area contributed by atoms with Crippen LogP contribution in [0.4, 0.5) is 0 Å². The van der Waals surface area contributed by atoms with Crippen LogP contribution < -0.4 is 0 Å². The van der Waals surface area contributed by atoms with Crippen LogP contribution >= 0.6 is 11.3 Å². The van der Waals surface area contributed by atoms with Crippen molar-refractivity contribution in [2.45, 2.75) is 39.5 Å². The largest absolute Gasteiger partial charge is 0.480 e. The van der Waals surface area contributed by atoms with Gasteiger partial charge in [-0.3, -0.25) is 9.59 Å². The summed E-state index contributed by atoms with van der Waals surface area (Å²) in [7, 11) is 0. The number of carboxylic acids is 1. The monoisotopic (exact) mass is 348 g/mol. The van der Waals surface area contributed by atoms with E-state index in [2.05, 4.69) is 11.1 Å². The van der Waals surface area contributed by atoms with Crippen molar-refractivity contribution in [1.29, 1.82) is 0 Å². The first-order valence-corrected chi connectivity index (χ1v) is 9.11. The van der Waals surface area contributed by atoms with Crippen LogP contribution in [0.1, 0.15) is 38.1 Å². The molecule has 1 amide bonds. The number of benzene rings is 1. The Labute approximate surface area is 146 Å². The molecule has 0 aliphatic rings. The van der Waals surface area contributed by atoms with Crippen molar-refractivity contribution >= 4 is 33.4 Å². The first-order chi connectivity index (χ1) is 11.5. The van der Waals surface area contributed by atoms with E-state index in [1.807, 2.05) is 32.0 Å². The minimum atomic E-state index is -0.960. The number of unbranched alkanes of at least 4 members (excludes halogenated alkanes) is 1. The molecule has 1 heterocycles. The number of hydrogen-bond acceptors (Lipinski definition) is 4. The maximum atomic E-state index is 12.2. The third kappa shape index (κ3) is 5.60. The third-order valence-electron chi connectivity index (χ3n) is 3.63. The van der Waals surface area contributed by atoms with E-state index in [1.165, 1.54) is 9.60 Å². The summed E-state index contributed by atoms with van der Waals surface area (Å²) in [4.78, 5) is 29.1. The Morgan fingerprint density at radius 3 is 2.67 bits per heavy atom. The number of thiazole rings is 1. The van der Waals surface area contributed by atoms with Crippen LogP contribution in [0.5, 0.6) is 0 Å². The lowest BCUT2D eigenvalue weighted by Crippen LogP contribution is -2.38. The molecule has 0 unspecified atom stereocenters. The van der Waals surface area contributed by atoms with E-state index >= 15 is 0 Å². The second-order valence-electron chi connectivity index (χ2n) is 6.34. The van der Waals surface area contributed by atoms with Gasteiger partial charge in [0.1, 0.15) is 6.54 Å². The smallest absolute Gasteiger partial charge is 0.323 e. The molecule has 6 heteroatoms. The first kappa shape index (κ1) is 18.4. The average molecular weight is 348 g/mol. The fraction of sp³-hybridized carbons (Fsp3) is 0.500. The summed E-state index contributed by atoms with van der Waals surface area (Å²) in [5, 5.41) is 10.0. The van der Waals surface area contributed by atoms with E-state index in [0.717, 1.165) is 29.8 Å². The van der Waals surface area contributed by atoms with Gasteiger partial charge in [-0.1, -0.05) is 26.0 Å². The summed E-state index contributed by atoms with van der Waals surface area (Å²) < 4.78 is 1.19. The lowest BCUT2D eigenvalue weighted by Gasteiger charge is -2.22. The van der Waals surface area contributed by atoms with Gasteiger partial charge in [0, 0.05) is 13.0 Å². The van der Waals surface area contributed by atoms with Gasteiger partial charge in [-0.05, 0) is 37.3 Å². The molecular weight excluding hydrogens is 324 g/mol. The van der Waals surface area contributed by atoms with E-state index < -0.39 is 5.97 Å². The first-order valence-electron chi connectivity index (χ1n) is 8.29. The number of para-hydroxylation sites is 1. The molecule has 0 saturated heterocycles. The molecule has 0 bridgehead atoms. The summed E-state index contributed by atoms with van der Waals surface area (Å²) >= 11 is 1.70. The lowest BCUT2D eigenvalue weighted by atomic mass is 10.1. The Hall–Kier alpha value is -1.95. The Balaban J connectivity index is 1.79.